The summed E-state index contributed by atoms with van der Waals surface area (Å²) < 4.78 is 55.7. The van der Waals surface area contributed by atoms with E-state index < -0.39 is 30.2 Å². The Hall–Kier alpha value is -1.66. The average molecular weight is 439 g/mol. The van der Waals surface area contributed by atoms with Crippen molar-refractivity contribution in [3.8, 4) is 0 Å². The van der Waals surface area contributed by atoms with Gasteiger partial charge in [0.05, 0.1) is 20.3 Å². The third-order valence-electron chi connectivity index (χ3n) is 10.3. The Bertz CT molecular complexity index is 1220. The van der Waals surface area contributed by atoms with E-state index in [1.54, 1.807) is 60.7 Å². The molecular weight excluding hydrogens is 416 g/mol. The second-order valence-corrected chi connectivity index (χ2v) is 14.7. The summed E-state index contributed by atoms with van der Waals surface area (Å²) in [7, 11) is -7.47. The molecule has 0 unspecified atom stereocenters. The zero-order chi connectivity index (χ0) is 20.3. The molecule has 2 aromatic rings. The van der Waals surface area contributed by atoms with Crippen LogP contribution in [-0.4, -0.2) is 27.3 Å². The lowest BCUT2D eigenvalue weighted by Gasteiger charge is -2.47. The van der Waals surface area contributed by atoms with Crippen LogP contribution in [0.2, 0.25) is 0 Å². The van der Waals surface area contributed by atoms with Crippen molar-refractivity contribution in [3.63, 3.8) is 0 Å². The van der Waals surface area contributed by atoms with Gasteiger partial charge in [-0.15, -0.1) is 0 Å². The standard InChI is InChI=1S/C24H22O4S2/c25-29(26,13-7-3-1-4-8-13)21-17-12-18(22(21)30(27,28)14-9-5-2-6-10-14)24-16-11-15-19(20(16)24)23(15,17)24/h1-10,15-22H,11-12H2/t15-,16-,17-,18+,19+,20+,21-,22+,23+,24-/m0/s1. The highest BCUT2D eigenvalue weighted by Crippen LogP contribution is 3.12. The molecule has 7 aliphatic rings. The first-order chi connectivity index (χ1) is 14.4. The molecule has 10 atom stereocenters. The third-order valence-corrected chi connectivity index (χ3v) is 15.0. The maximum Gasteiger partial charge on any atom is 0.182 e. The molecule has 0 aliphatic heterocycles. The Kier molecular flexibility index (Phi) is 2.59. The fraction of sp³-hybridized carbons (Fsp3) is 0.500. The summed E-state index contributed by atoms with van der Waals surface area (Å²) >= 11 is 0. The zero-order valence-corrected chi connectivity index (χ0v) is 17.9. The number of rotatable bonds is 4. The predicted octanol–water partition coefficient (Wildman–Crippen LogP) is 3.20. The van der Waals surface area contributed by atoms with E-state index in [0.29, 0.717) is 23.7 Å². The normalized spacial score (nSPS) is 50.5. The molecule has 0 heterocycles. The topological polar surface area (TPSA) is 68.3 Å². The summed E-state index contributed by atoms with van der Waals surface area (Å²) in [6, 6.07) is 17.1. The van der Waals surface area contributed by atoms with Crippen molar-refractivity contribution in [2.45, 2.75) is 33.1 Å². The molecule has 6 heteroatoms. The fourth-order valence-corrected chi connectivity index (χ4v) is 15.3. The number of benzene rings is 2. The lowest BCUT2D eigenvalue weighted by Crippen LogP contribution is -2.55. The highest BCUT2D eigenvalue weighted by atomic mass is 32.2. The lowest BCUT2D eigenvalue weighted by atomic mass is 9.63. The first-order valence-corrected chi connectivity index (χ1v) is 14.1. The minimum Gasteiger partial charge on any atom is -0.223 e. The summed E-state index contributed by atoms with van der Waals surface area (Å²) in [6.07, 6.45) is 2.01. The van der Waals surface area contributed by atoms with Gasteiger partial charge in [-0.2, -0.15) is 0 Å². The van der Waals surface area contributed by atoms with E-state index in [0.717, 1.165) is 6.42 Å². The summed E-state index contributed by atoms with van der Waals surface area (Å²) in [5.41, 5.74) is 0.338. The summed E-state index contributed by atoms with van der Waals surface area (Å²) in [4.78, 5) is 0.551. The van der Waals surface area contributed by atoms with E-state index in [4.69, 9.17) is 0 Å². The number of hydrogen-bond acceptors (Lipinski definition) is 4. The van der Waals surface area contributed by atoms with Crippen molar-refractivity contribution in [2.24, 2.45) is 46.3 Å². The van der Waals surface area contributed by atoms with Gasteiger partial charge in [0.25, 0.3) is 0 Å². The van der Waals surface area contributed by atoms with Crippen LogP contribution in [-0.2, 0) is 19.7 Å². The minimum atomic E-state index is -3.74. The van der Waals surface area contributed by atoms with Crippen molar-refractivity contribution in [1.82, 2.24) is 0 Å². The van der Waals surface area contributed by atoms with Crippen LogP contribution in [0.15, 0.2) is 70.5 Å². The summed E-state index contributed by atoms with van der Waals surface area (Å²) in [6.45, 7) is 0. The van der Waals surface area contributed by atoms with Crippen LogP contribution >= 0.6 is 0 Å². The van der Waals surface area contributed by atoms with E-state index in [2.05, 4.69) is 0 Å². The maximum atomic E-state index is 13.9. The van der Waals surface area contributed by atoms with Gasteiger partial charge in [0.2, 0.25) is 0 Å². The molecule has 2 aromatic carbocycles. The lowest BCUT2D eigenvalue weighted by molar-refractivity contribution is 0.0676. The minimum absolute atomic E-state index is 0.00921. The second-order valence-electron chi connectivity index (χ2n) is 10.5. The van der Waals surface area contributed by atoms with Gasteiger partial charge in [0.15, 0.2) is 19.7 Å². The highest BCUT2D eigenvalue weighted by molar-refractivity contribution is 7.96. The van der Waals surface area contributed by atoms with Crippen molar-refractivity contribution < 1.29 is 16.8 Å². The van der Waals surface area contributed by atoms with Gasteiger partial charge in [-0.25, -0.2) is 16.8 Å². The van der Waals surface area contributed by atoms with Gasteiger partial charge in [-0.05, 0) is 83.4 Å². The molecule has 0 aromatic heterocycles. The molecule has 4 nitrogen and oxygen atoms in total. The van der Waals surface area contributed by atoms with Crippen molar-refractivity contribution >= 4 is 19.7 Å². The molecule has 0 radical (unpaired) electrons. The molecule has 7 fully saturated rings. The molecule has 2 spiro atoms. The number of fused-ring (bicyclic) bond motifs is 2. The summed E-state index contributed by atoms with van der Waals surface area (Å²) in [5, 5.41) is -1.62. The quantitative estimate of drug-likeness (QED) is 0.735. The van der Waals surface area contributed by atoms with Gasteiger partial charge in [0.1, 0.15) is 0 Å². The van der Waals surface area contributed by atoms with Crippen LogP contribution in [0.3, 0.4) is 0 Å². The molecule has 7 aliphatic carbocycles. The van der Waals surface area contributed by atoms with Crippen LogP contribution in [0.25, 0.3) is 0 Å². The first-order valence-electron chi connectivity index (χ1n) is 11.0. The van der Waals surface area contributed by atoms with E-state index in [1.807, 2.05) is 0 Å². The van der Waals surface area contributed by atoms with Crippen molar-refractivity contribution in [1.29, 1.82) is 0 Å². The Morgan fingerprint density at radius 3 is 1.30 bits per heavy atom. The Balaban J connectivity index is 1.34. The fourth-order valence-electron chi connectivity index (χ4n) is 10.1. The number of sulfone groups is 2. The van der Waals surface area contributed by atoms with Crippen LogP contribution < -0.4 is 0 Å². The highest BCUT2D eigenvalue weighted by Gasteiger charge is 3.10. The van der Waals surface area contributed by atoms with E-state index in [1.165, 1.54) is 6.42 Å². The zero-order valence-electron chi connectivity index (χ0n) is 16.3. The number of hydrogen-bond donors (Lipinski definition) is 0. The van der Waals surface area contributed by atoms with Crippen molar-refractivity contribution in [2.75, 3.05) is 0 Å². The summed E-state index contributed by atoms with van der Waals surface area (Å²) in [5.74, 6) is 2.77. The molecule has 0 amide bonds. The van der Waals surface area contributed by atoms with E-state index >= 15 is 0 Å². The van der Waals surface area contributed by atoms with Crippen LogP contribution in [0.5, 0.6) is 0 Å². The Labute approximate surface area is 176 Å². The third kappa shape index (κ3) is 1.36. The van der Waals surface area contributed by atoms with Crippen LogP contribution in [0.1, 0.15) is 12.8 Å². The van der Waals surface area contributed by atoms with Gasteiger partial charge in [-0.1, -0.05) is 36.4 Å². The van der Waals surface area contributed by atoms with Gasteiger partial charge in [-0.3, -0.25) is 0 Å². The van der Waals surface area contributed by atoms with Gasteiger partial charge < -0.3 is 0 Å². The van der Waals surface area contributed by atoms with E-state index in [-0.39, 0.29) is 32.5 Å². The Morgan fingerprint density at radius 2 is 0.933 bits per heavy atom. The van der Waals surface area contributed by atoms with Crippen molar-refractivity contribution in [3.05, 3.63) is 60.7 Å². The molecule has 4 bridgehead atoms. The van der Waals surface area contributed by atoms with Crippen LogP contribution in [0, 0.1) is 46.3 Å². The van der Waals surface area contributed by atoms with Gasteiger partial charge >= 0.3 is 0 Å². The monoisotopic (exact) mass is 438 g/mol. The SMILES string of the molecule is O=S(=O)(c1ccccc1)[C@@H]1[C@H](S(=O)(=O)c2ccccc2)[C@H]2C[C@@H]1[C@@]13[C@H]4[C@H]5[C@H](C[C@@H]41)[C@@]523. The maximum absolute atomic E-state index is 13.9. The van der Waals surface area contributed by atoms with Gasteiger partial charge in [0, 0.05) is 0 Å². The molecule has 30 heavy (non-hydrogen) atoms. The Morgan fingerprint density at radius 1 is 0.567 bits per heavy atom. The molecular formula is C24H22O4S2. The molecule has 0 N–H and O–H groups in total. The largest absolute Gasteiger partial charge is 0.223 e. The molecule has 7 saturated carbocycles. The first kappa shape index (κ1) is 17.0. The molecule has 154 valence electrons. The average Bonchev–Trinajstić information content (AvgIpc) is 3.17. The molecule has 0 saturated heterocycles. The second kappa shape index (κ2) is 4.58. The smallest absolute Gasteiger partial charge is 0.182 e. The molecule has 9 rings (SSSR count). The van der Waals surface area contributed by atoms with E-state index in [9.17, 15) is 16.8 Å². The van der Waals surface area contributed by atoms with Crippen LogP contribution in [0.4, 0.5) is 0 Å². The predicted molar refractivity (Wildman–Crippen MR) is 110 cm³/mol.